The fourth-order valence-corrected chi connectivity index (χ4v) is 1.33. The second-order valence-electron chi connectivity index (χ2n) is 2.56. The lowest BCUT2D eigenvalue weighted by Gasteiger charge is -2.14. The Balaban J connectivity index is 3.18. The Morgan fingerprint density at radius 1 is 1.47 bits per heavy atom. The third-order valence-corrected chi connectivity index (χ3v) is 2.28. The molecule has 0 amide bonds. The highest BCUT2D eigenvalue weighted by Crippen LogP contribution is 2.36. The molecule has 1 heterocycles. The predicted octanol–water partition coefficient (Wildman–Crippen LogP) is 1.78. The molecule has 1 rings (SSSR count). The minimum absolute atomic E-state index is 0.0530. The highest BCUT2D eigenvalue weighted by molar-refractivity contribution is 9.10. The van der Waals surface area contributed by atoms with Crippen LogP contribution in [0.15, 0.2) is 10.7 Å². The quantitative estimate of drug-likeness (QED) is 0.869. The average molecular weight is 286 g/mol. The monoisotopic (exact) mass is 285 g/mol. The normalized spacial score (nSPS) is 11.5. The summed E-state index contributed by atoms with van der Waals surface area (Å²) >= 11 is 2.86. The summed E-state index contributed by atoms with van der Waals surface area (Å²) in [6, 6.07) is 0. The van der Waals surface area contributed by atoms with Crippen LogP contribution in [0.2, 0.25) is 0 Å². The molecular formula is C7H7BrF3N3O. The summed E-state index contributed by atoms with van der Waals surface area (Å²) in [7, 11) is 0. The summed E-state index contributed by atoms with van der Waals surface area (Å²) in [5.41, 5.74) is 10.7. The largest absolute Gasteiger partial charge is 0.573 e. The molecule has 8 heteroatoms. The summed E-state index contributed by atoms with van der Waals surface area (Å²) in [5, 5.41) is 0. The number of nitrogens with zero attached hydrogens (tertiary/aromatic N) is 1. The minimum atomic E-state index is -4.79. The van der Waals surface area contributed by atoms with Crippen molar-refractivity contribution in [2.45, 2.75) is 12.9 Å². The Labute approximate surface area is 91.5 Å². The number of pyridine rings is 1. The molecule has 1 aromatic rings. The van der Waals surface area contributed by atoms with Crippen LogP contribution in [0, 0.1) is 0 Å². The Hall–Kier alpha value is -1.02. The molecule has 4 N–H and O–H groups in total. The smallest absolute Gasteiger partial charge is 0.404 e. The number of hydrogen-bond donors (Lipinski definition) is 2. The maximum absolute atomic E-state index is 12.0. The van der Waals surface area contributed by atoms with Crippen molar-refractivity contribution in [2.24, 2.45) is 5.73 Å². The highest BCUT2D eigenvalue weighted by Gasteiger charge is 2.33. The van der Waals surface area contributed by atoms with E-state index in [0.29, 0.717) is 0 Å². The molecule has 84 valence electrons. The molecule has 4 nitrogen and oxygen atoms in total. The van der Waals surface area contributed by atoms with E-state index in [0.717, 1.165) is 6.20 Å². The van der Waals surface area contributed by atoms with Crippen molar-refractivity contribution in [2.75, 3.05) is 5.73 Å². The molecule has 1 aromatic heterocycles. The van der Waals surface area contributed by atoms with Crippen LogP contribution in [-0.2, 0) is 6.54 Å². The van der Waals surface area contributed by atoms with Gasteiger partial charge in [0, 0.05) is 18.3 Å². The number of nitrogen functional groups attached to an aromatic ring is 1. The topological polar surface area (TPSA) is 74.2 Å². The second-order valence-corrected chi connectivity index (χ2v) is 3.36. The number of anilines is 1. The SMILES string of the molecule is NCc1cnc(N)c(Br)c1OC(F)(F)F. The molecule has 0 saturated heterocycles. The van der Waals surface area contributed by atoms with E-state index in [4.69, 9.17) is 11.5 Å². The molecule has 0 aliphatic carbocycles. The van der Waals surface area contributed by atoms with Gasteiger partial charge in [0.2, 0.25) is 0 Å². The molecule has 0 fully saturated rings. The van der Waals surface area contributed by atoms with Gasteiger partial charge in [-0.1, -0.05) is 0 Å². The van der Waals surface area contributed by atoms with E-state index in [1.807, 2.05) is 0 Å². The van der Waals surface area contributed by atoms with Gasteiger partial charge in [0.05, 0.1) is 0 Å². The van der Waals surface area contributed by atoms with E-state index in [9.17, 15) is 13.2 Å². The van der Waals surface area contributed by atoms with Crippen LogP contribution in [0.5, 0.6) is 5.75 Å². The van der Waals surface area contributed by atoms with Crippen molar-refractivity contribution in [3.8, 4) is 5.75 Å². The lowest BCUT2D eigenvalue weighted by atomic mass is 10.2. The number of nitrogens with two attached hydrogens (primary N) is 2. The zero-order valence-electron chi connectivity index (χ0n) is 7.31. The molecule has 0 saturated carbocycles. The van der Waals surface area contributed by atoms with Gasteiger partial charge in [-0.3, -0.25) is 0 Å². The second kappa shape index (κ2) is 4.23. The molecule has 0 spiro atoms. The van der Waals surface area contributed by atoms with E-state index in [1.165, 1.54) is 0 Å². The summed E-state index contributed by atoms with van der Waals surface area (Å²) in [6.07, 6.45) is -3.65. The predicted molar refractivity (Wildman–Crippen MR) is 50.9 cm³/mol. The maximum Gasteiger partial charge on any atom is 0.573 e. The Morgan fingerprint density at radius 2 is 2.07 bits per heavy atom. The number of alkyl halides is 3. The van der Waals surface area contributed by atoms with Crippen molar-refractivity contribution in [3.63, 3.8) is 0 Å². The molecule has 0 unspecified atom stereocenters. The minimum Gasteiger partial charge on any atom is -0.404 e. The zero-order valence-corrected chi connectivity index (χ0v) is 8.89. The number of ether oxygens (including phenoxy) is 1. The maximum atomic E-state index is 12.0. The van der Waals surface area contributed by atoms with Crippen molar-refractivity contribution in [3.05, 3.63) is 16.2 Å². The molecule has 0 atom stereocenters. The lowest BCUT2D eigenvalue weighted by molar-refractivity contribution is -0.275. The summed E-state index contributed by atoms with van der Waals surface area (Å²) in [4.78, 5) is 3.64. The Morgan fingerprint density at radius 3 is 2.53 bits per heavy atom. The van der Waals surface area contributed by atoms with Crippen LogP contribution in [0.4, 0.5) is 19.0 Å². The first-order valence-corrected chi connectivity index (χ1v) is 4.53. The molecule has 0 bridgehead atoms. The highest BCUT2D eigenvalue weighted by atomic mass is 79.9. The third-order valence-electron chi connectivity index (χ3n) is 1.51. The molecular weight excluding hydrogens is 279 g/mol. The van der Waals surface area contributed by atoms with Crippen LogP contribution in [-0.4, -0.2) is 11.3 Å². The molecule has 0 aliphatic heterocycles. The van der Waals surface area contributed by atoms with Crippen LogP contribution < -0.4 is 16.2 Å². The fourth-order valence-electron chi connectivity index (χ4n) is 0.892. The van der Waals surface area contributed by atoms with E-state index < -0.39 is 12.1 Å². The molecule has 0 radical (unpaired) electrons. The van der Waals surface area contributed by atoms with Crippen molar-refractivity contribution >= 4 is 21.7 Å². The summed E-state index contributed by atoms with van der Waals surface area (Å²) in [6.45, 7) is -0.128. The van der Waals surface area contributed by atoms with Gasteiger partial charge in [-0.25, -0.2) is 4.98 Å². The Kier molecular flexibility index (Phi) is 3.40. The van der Waals surface area contributed by atoms with Gasteiger partial charge in [-0.15, -0.1) is 13.2 Å². The van der Waals surface area contributed by atoms with Gasteiger partial charge in [0.25, 0.3) is 0 Å². The Bertz CT molecular complexity index is 369. The molecule has 15 heavy (non-hydrogen) atoms. The lowest BCUT2D eigenvalue weighted by Crippen LogP contribution is -2.19. The zero-order chi connectivity index (χ0) is 11.6. The number of halogens is 4. The standard InChI is InChI=1S/C7H7BrF3N3O/c8-4-5(15-7(9,10)11)3(1-12)2-14-6(4)13/h2H,1,12H2,(H2,13,14). The first-order chi connectivity index (χ1) is 6.85. The van der Waals surface area contributed by atoms with Gasteiger partial charge in [-0.05, 0) is 15.9 Å². The van der Waals surface area contributed by atoms with E-state index in [2.05, 4.69) is 25.7 Å². The van der Waals surface area contributed by atoms with E-state index >= 15 is 0 Å². The van der Waals surface area contributed by atoms with Crippen LogP contribution in [0.3, 0.4) is 0 Å². The molecule has 0 aliphatic rings. The van der Waals surface area contributed by atoms with E-state index in [1.54, 1.807) is 0 Å². The van der Waals surface area contributed by atoms with Crippen molar-refractivity contribution in [1.82, 2.24) is 4.98 Å². The fraction of sp³-hybridized carbons (Fsp3) is 0.286. The van der Waals surface area contributed by atoms with Crippen molar-refractivity contribution < 1.29 is 17.9 Å². The number of aromatic nitrogens is 1. The molecule has 0 aromatic carbocycles. The van der Waals surface area contributed by atoms with Gasteiger partial charge in [0.1, 0.15) is 10.3 Å². The van der Waals surface area contributed by atoms with Crippen LogP contribution in [0.25, 0.3) is 0 Å². The first-order valence-electron chi connectivity index (χ1n) is 3.74. The summed E-state index contributed by atoms with van der Waals surface area (Å²) < 4.78 is 39.8. The van der Waals surface area contributed by atoms with E-state index in [-0.39, 0.29) is 22.4 Å². The van der Waals surface area contributed by atoms with Gasteiger partial charge >= 0.3 is 6.36 Å². The van der Waals surface area contributed by atoms with Gasteiger partial charge < -0.3 is 16.2 Å². The van der Waals surface area contributed by atoms with Crippen molar-refractivity contribution in [1.29, 1.82) is 0 Å². The first kappa shape index (κ1) is 12.1. The number of hydrogen-bond acceptors (Lipinski definition) is 4. The van der Waals surface area contributed by atoms with Crippen LogP contribution >= 0.6 is 15.9 Å². The van der Waals surface area contributed by atoms with Gasteiger partial charge in [0.15, 0.2) is 5.75 Å². The average Bonchev–Trinajstić information content (AvgIpc) is 2.11. The third kappa shape index (κ3) is 2.96. The van der Waals surface area contributed by atoms with Crippen LogP contribution in [0.1, 0.15) is 5.56 Å². The van der Waals surface area contributed by atoms with Gasteiger partial charge in [-0.2, -0.15) is 0 Å². The number of rotatable bonds is 2. The summed E-state index contributed by atoms with van der Waals surface area (Å²) in [5.74, 6) is -0.538.